The van der Waals surface area contributed by atoms with Crippen LogP contribution in [0.5, 0.6) is 11.5 Å². The van der Waals surface area contributed by atoms with E-state index in [0.29, 0.717) is 33.0 Å². The predicted molar refractivity (Wildman–Crippen MR) is 71.2 cm³/mol. The lowest BCUT2D eigenvalue weighted by Gasteiger charge is -2.12. The van der Waals surface area contributed by atoms with Gasteiger partial charge in [-0.05, 0) is 6.07 Å². The van der Waals surface area contributed by atoms with E-state index < -0.39 is 5.97 Å². The van der Waals surface area contributed by atoms with E-state index >= 15 is 0 Å². The molecular formula is C13H12ClNO4. The third kappa shape index (κ3) is 2.17. The van der Waals surface area contributed by atoms with Crippen LogP contribution in [0.15, 0.2) is 18.3 Å². The van der Waals surface area contributed by atoms with Crippen molar-refractivity contribution in [3.8, 4) is 11.5 Å². The molecule has 0 saturated heterocycles. The standard InChI is InChI=1S/C13H12ClNO4/c1-17-8-6-9(18-2)12-10(11(8)14)7(4-5-15-12)13(16)19-3/h4-6H,1-3H3. The predicted octanol–water partition coefficient (Wildman–Crippen LogP) is 2.69. The van der Waals surface area contributed by atoms with E-state index in [0.717, 1.165) is 0 Å². The molecule has 0 radical (unpaired) electrons. The smallest absolute Gasteiger partial charge is 0.338 e. The molecule has 2 rings (SSSR count). The first-order valence-corrected chi connectivity index (χ1v) is 5.79. The first-order valence-electron chi connectivity index (χ1n) is 5.41. The van der Waals surface area contributed by atoms with Crippen LogP contribution in [0.1, 0.15) is 10.4 Å². The zero-order valence-corrected chi connectivity index (χ0v) is 11.4. The molecule has 100 valence electrons. The number of benzene rings is 1. The molecule has 0 aliphatic carbocycles. The highest BCUT2D eigenvalue weighted by Gasteiger charge is 2.19. The highest BCUT2D eigenvalue weighted by molar-refractivity contribution is 6.38. The number of halogens is 1. The van der Waals surface area contributed by atoms with Crippen molar-refractivity contribution >= 4 is 28.5 Å². The van der Waals surface area contributed by atoms with E-state index in [1.165, 1.54) is 27.5 Å². The number of rotatable bonds is 3. The molecule has 2 aromatic rings. The van der Waals surface area contributed by atoms with Gasteiger partial charge in [-0.15, -0.1) is 0 Å². The minimum absolute atomic E-state index is 0.298. The number of aromatic nitrogens is 1. The van der Waals surface area contributed by atoms with Crippen LogP contribution >= 0.6 is 11.6 Å². The fourth-order valence-corrected chi connectivity index (χ4v) is 2.15. The van der Waals surface area contributed by atoms with Crippen LogP contribution in [-0.4, -0.2) is 32.3 Å². The van der Waals surface area contributed by atoms with Gasteiger partial charge < -0.3 is 14.2 Å². The Labute approximate surface area is 115 Å². The Bertz CT molecular complexity index is 642. The number of fused-ring (bicyclic) bond motifs is 1. The summed E-state index contributed by atoms with van der Waals surface area (Å²) in [5, 5.41) is 0.749. The molecule has 1 aromatic carbocycles. The number of pyridine rings is 1. The first-order chi connectivity index (χ1) is 9.13. The minimum Gasteiger partial charge on any atom is -0.495 e. The van der Waals surface area contributed by atoms with Crippen LogP contribution in [-0.2, 0) is 4.74 Å². The van der Waals surface area contributed by atoms with Gasteiger partial charge >= 0.3 is 5.97 Å². The maximum Gasteiger partial charge on any atom is 0.338 e. The zero-order chi connectivity index (χ0) is 14.0. The quantitative estimate of drug-likeness (QED) is 0.810. The average molecular weight is 282 g/mol. The molecular weight excluding hydrogens is 270 g/mol. The molecule has 6 heteroatoms. The molecule has 0 spiro atoms. The van der Waals surface area contributed by atoms with E-state index in [-0.39, 0.29) is 0 Å². The van der Waals surface area contributed by atoms with Crippen LogP contribution in [0.4, 0.5) is 0 Å². The lowest BCUT2D eigenvalue weighted by Crippen LogP contribution is -2.04. The highest BCUT2D eigenvalue weighted by Crippen LogP contribution is 2.39. The van der Waals surface area contributed by atoms with E-state index in [4.69, 9.17) is 25.8 Å². The van der Waals surface area contributed by atoms with Gasteiger partial charge in [0.05, 0.1) is 31.9 Å². The molecule has 0 fully saturated rings. The van der Waals surface area contributed by atoms with Crippen molar-refractivity contribution < 1.29 is 19.0 Å². The lowest BCUT2D eigenvalue weighted by atomic mass is 10.1. The number of methoxy groups -OCH3 is 3. The summed E-state index contributed by atoms with van der Waals surface area (Å²) in [4.78, 5) is 16.0. The zero-order valence-electron chi connectivity index (χ0n) is 10.7. The Morgan fingerprint density at radius 2 is 1.89 bits per heavy atom. The molecule has 0 N–H and O–H groups in total. The summed E-state index contributed by atoms with van der Waals surface area (Å²) in [5.41, 5.74) is 0.797. The maximum atomic E-state index is 11.8. The van der Waals surface area contributed by atoms with Gasteiger partial charge in [0.15, 0.2) is 0 Å². The van der Waals surface area contributed by atoms with Gasteiger partial charge in [-0.3, -0.25) is 4.98 Å². The molecule has 1 aromatic heterocycles. The topological polar surface area (TPSA) is 57.7 Å². The largest absolute Gasteiger partial charge is 0.495 e. The highest BCUT2D eigenvalue weighted by atomic mass is 35.5. The summed E-state index contributed by atoms with van der Waals surface area (Å²) in [7, 11) is 4.30. The summed E-state index contributed by atoms with van der Waals surface area (Å²) >= 11 is 6.25. The van der Waals surface area contributed by atoms with Gasteiger partial charge in [0.1, 0.15) is 17.0 Å². The fourth-order valence-electron chi connectivity index (χ4n) is 1.83. The Morgan fingerprint density at radius 1 is 1.21 bits per heavy atom. The van der Waals surface area contributed by atoms with E-state index in [2.05, 4.69) is 4.98 Å². The molecule has 5 nitrogen and oxygen atoms in total. The van der Waals surface area contributed by atoms with Gasteiger partial charge in [-0.25, -0.2) is 4.79 Å². The van der Waals surface area contributed by atoms with Crippen molar-refractivity contribution in [2.45, 2.75) is 0 Å². The van der Waals surface area contributed by atoms with Gasteiger partial charge in [0, 0.05) is 17.6 Å². The number of ether oxygens (including phenoxy) is 3. The molecule has 0 atom stereocenters. The number of carbonyl (C=O) groups excluding carboxylic acids is 1. The minimum atomic E-state index is -0.496. The average Bonchev–Trinajstić information content (AvgIpc) is 2.46. The number of carbonyl (C=O) groups is 1. The van der Waals surface area contributed by atoms with Crippen LogP contribution in [0.2, 0.25) is 5.02 Å². The monoisotopic (exact) mass is 281 g/mol. The van der Waals surface area contributed by atoms with Crippen LogP contribution in [0.3, 0.4) is 0 Å². The molecule has 0 amide bonds. The van der Waals surface area contributed by atoms with Crippen LogP contribution in [0, 0.1) is 0 Å². The second-order valence-corrected chi connectivity index (χ2v) is 4.05. The second-order valence-electron chi connectivity index (χ2n) is 3.67. The molecule has 19 heavy (non-hydrogen) atoms. The summed E-state index contributed by atoms with van der Waals surface area (Å²) in [6.45, 7) is 0. The van der Waals surface area contributed by atoms with Crippen molar-refractivity contribution in [3.63, 3.8) is 0 Å². The molecule has 0 saturated carbocycles. The Balaban J connectivity index is 2.90. The fraction of sp³-hybridized carbons (Fsp3) is 0.231. The molecule has 0 bridgehead atoms. The number of hydrogen-bond acceptors (Lipinski definition) is 5. The summed E-state index contributed by atoms with van der Waals surface area (Å²) in [5.74, 6) is 0.385. The number of hydrogen-bond donors (Lipinski definition) is 0. The van der Waals surface area contributed by atoms with Crippen molar-refractivity contribution in [2.75, 3.05) is 21.3 Å². The summed E-state index contributed by atoms with van der Waals surface area (Å²) in [6.07, 6.45) is 1.50. The summed E-state index contributed by atoms with van der Waals surface area (Å²) in [6, 6.07) is 3.16. The normalized spacial score (nSPS) is 10.3. The number of esters is 1. The van der Waals surface area contributed by atoms with E-state index in [1.807, 2.05) is 0 Å². The third-order valence-electron chi connectivity index (χ3n) is 2.73. The Kier molecular flexibility index (Phi) is 3.76. The van der Waals surface area contributed by atoms with Crippen molar-refractivity contribution in [1.82, 2.24) is 4.98 Å². The van der Waals surface area contributed by atoms with Crippen LogP contribution < -0.4 is 9.47 Å². The van der Waals surface area contributed by atoms with Gasteiger partial charge in [-0.1, -0.05) is 11.6 Å². The molecule has 0 unspecified atom stereocenters. The SMILES string of the molecule is COC(=O)c1ccnc2c(OC)cc(OC)c(Cl)c12. The lowest BCUT2D eigenvalue weighted by molar-refractivity contribution is 0.0603. The second kappa shape index (κ2) is 5.32. The Morgan fingerprint density at radius 3 is 2.47 bits per heavy atom. The van der Waals surface area contributed by atoms with Crippen molar-refractivity contribution in [3.05, 3.63) is 28.9 Å². The third-order valence-corrected chi connectivity index (χ3v) is 3.10. The van der Waals surface area contributed by atoms with E-state index in [9.17, 15) is 4.79 Å². The van der Waals surface area contributed by atoms with Crippen molar-refractivity contribution in [2.24, 2.45) is 0 Å². The van der Waals surface area contributed by atoms with E-state index in [1.54, 1.807) is 12.1 Å². The molecule has 0 aliphatic rings. The van der Waals surface area contributed by atoms with Crippen LogP contribution in [0.25, 0.3) is 10.9 Å². The van der Waals surface area contributed by atoms with Gasteiger partial charge in [-0.2, -0.15) is 0 Å². The molecule has 1 heterocycles. The number of nitrogens with zero attached hydrogens (tertiary/aromatic N) is 1. The maximum absolute atomic E-state index is 11.8. The summed E-state index contributed by atoms with van der Waals surface area (Å²) < 4.78 is 15.2. The van der Waals surface area contributed by atoms with Crippen molar-refractivity contribution in [1.29, 1.82) is 0 Å². The van der Waals surface area contributed by atoms with Gasteiger partial charge in [0.25, 0.3) is 0 Å². The Hall–Kier alpha value is -2.01. The van der Waals surface area contributed by atoms with Gasteiger partial charge in [0.2, 0.25) is 0 Å². The molecule has 0 aliphatic heterocycles. The first kappa shape index (κ1) is 13.4.